The van der Waals surface area contributed by atoms with Crippen molar-refractivity contribution in [2.24, 2.45) is 0 Å². The molecule has 0 saturated carbocycles. The first-order valence-electron chi connectivity index (χ1n) is 4.56. The fourth-order valence-corrected chi connectivity index (χ4v) is 1.19. The van der Waals surface area contributed by atoms with E-state index in [1.807, 2.05) is 43.3 Å². The number of rotatable bonds is 4. The second-order valence-corrected chi connectivity index (χ2v) is 3.36. The molecule has 1 rings (SSSR count). The van der Waals surface area contributed by atoms with Crippen LogP contribution < -0.4 is 4.90 Å². The first-order chi connectivity index (χ1) is 6.65. The molecule has 0 N–H and O–H groups in total. The van der Waals surface area contributed by atoms with E-state index < -0.39 is 0 Å². The number of hydrogen-bond donors (Lipinski definition) is 0. The second-order valence-electron chi connectivity index (χ2n) is 3.36. The third-order valence-corrected chi connectivity index (χ3v) is 2.04. The van der Waals surface area contributed by atoms with Crippen molar-refractivity contribution in [1.82, 2.24) is 0 Å². The molecule has 2 nitrogen and oxygen atoms in total. The molecule has 74 valence electrons. The Morgan fingerprint density at radius 2 is 1.93 bits per heavy atom. The smallest absolute Gasteiger partial charge is 0.166 e. The lowest BCUT2D eigenvalue weighted by molar-refractivity contribution is 0.0996. The van der Waals surface area contributed by atoms with Crippen molar-refractivity contribution in [2.45, 2.75) is 6.42 Å². The molecule has 1 aromatic rings. The highest BCUT2D eigenvalue weighted by Crippen LogP contribution is 2.13. The van der Waals surface area contributed by atoms with Crippen LogP contribution in [0.2, 0.25) is 0 Å². The van der Waals surface area contributed by atoms with Crippen LogP contribution in [0.5, 0.6) is 0 Å². The standard InChI is InChI=1S/C12H15NO/c1-4-5-12(14)10-6-8-11(9-7-10)13(2)3/h4,6-9H,1,5H2,2-3H3. The predicted octanol–water partition coefficient (Wildman–Crippen LogP) is 2.51. The average Bonchev–Trinajstić information content (AvgIpc) is 2.18. The maximum Gasteiger partial charge on any atom is 0.166 e. The third-order valence-electron chi connectivity index (χ3n) is 2.04. The molecule has 0 amide bonds. The summed E-state index contributed by atoms with van der Waals surface area (Å²) in [6.45, 7) is 3.54. The molecule has 2 heteroatoms. The van der Waals surface area contributed by atoms with Crippen LogP contribution in [0.1, 0.15) is 16.8 Å². The molecular weight excluding hydrogens is 174 g/mol. The van der Waals surface area contributed by atoms with Gasteiger partial charge in [-0.3, -0.25) is 4.79 Å². The summed E-state index contributed by atoms with van der Waals surface area (Å²) in [5, 5.41) is 0. The van der Waals surface area contributed by atoms with Gasteiger partial charge >= 0.3 is 0 Å². The lowest BCUT2D eigenvalue weighted by atomic mass is 10.1. The van der Waals surface area contributed by atoms with Gasteiger partial charge in [0.05, 0.1) is 0 Å². The molecule has 0 spiro atoms. The highest BCUT2D eigenvalue weighted by molar-refractivity contribution is 5.97. The number of Topliss-reactive ketones (excluding diaryl/α,β-unsaturated/α-hetero) is 1. The zero-order valence-corrected chi connectivity index (χ0v) is 8.66. The van der Waals surface area contributed by atoms with Gasteiger partial charge in [0.15, 0.2) is 5.78 Å². The van der Waals surface area contributed by atoms with Gasteiger partial charge in [0, 0.05) is 31.8 Å². The van der Waals surface area contributed by atoms with Crippen LogP contribution in [0.15, 0.2) is 36.9 Å². The van der Waals surface area contributed by atoms with E-state index in [9.17, 15) is 4.79 Å². The molecule has 0 aromatic heterocycles. The van der Waals surface area contributed by atoms with Crippen LogP contribution >= 0.6 is 0 Å². The SMILES string of the molecule is C=CCC(=O)c1ccc(N(C)C)cc1. The fourth-order valence-electron chi connectivity index (χ4n) is 1.19. The number of carbonyl (C=O) groups is 1. The summed E-state index contributed by atoms with van der Waals surface area (Å²) in [6.07, 6.45) is 2.03. The van der Waals surface area contributed by atoms with Crippen LogP contribution in [0.3, 0.4) is 0 Å². The molecule has 14 heavy (non-hydrogen) atoms. The Labute approximate surface area is 84.9 Å². The summed E-state index contributed by atoms with van der Waals surface area (Å²) >= 11 is 0. The van der Waals surface area contributed by atoms with Crippen molar-refractivity contribution in [3.8, 4) is 0 Å². The maximum atomic E-state index is 11.4. The Hall–Kier alpha value is -1.57. The highest BCUT2D eigenvalue weighted by Gasteiger charge is 2.03. The Balaban J connectivity index is 2.82. The van der Waals surface area contributed by atoms with Crippen molar-refractivity contribution in [3.05, 3.63) is 42.5 Å². The van der Waals surface area contributed by atoms with Crippen molar-refractivity contribution in [3.63, 3.8) is 0 Å². The molecule has 0 aliphatic heterocycles. The van der Waals surface area contributed by atoms with Gasteiger partial charge in [-0.2, -0.15) is 0 Å². The van der Waals surface area contributed by atoms with Crippen LogP contribution in [0.25, 0.3) is 0 Å². The molecule has 0 bridgehead atoms. The number of allylic oxidation sites excluding steroid dienone is 1. The molecule has 0 aliphatic rings. The van der Waals surface area contributed by atoms with E-state index >= 15 is 0 Å². The zero-order chi connectivity index (χ0) is 10.6. The highest BCUT2D eigenvalue weighted by atomic mass is 16.1. The normalized spacial score (nSPS) is 9.57. The van der Waals surface area contributed by atoms with Gasteiger partial charge in [0.2, 0.25) is 0 Å². The Morgan fingerprint density at radius 3 is 2.36 bits per heavy atom. The second kappa shape index (κ2) is 4.61. The molecule has 0 radical (unpaired) electrons. The van der Waals surface area contributed by atoms with E-state index in [4.69, 9.17) is 0 Å². The summed E-state index contributed by atoms with van der Waals surface area (Å²) < 4.78 is 0. The third kappa shape index (κ3) is 2.46. The van der Waals surface area contributed by atoms with Gasteiger partial charge in [-0.15, -0.1) is 6.58 Å². The fraction of sp³-hybridized carbons (Fsp3) is 0.250. The molecule has 0 fully saturated rings. The quantitative estimate of drug-likeness (QED) is 0.536. The van der Waals surface area contributed by atoms with Gasteiger partial charge < -0.3 is 4.90 Å². The molecular formula is C12H15NO. The number of hydrogen-bond acceptors (Lipinski definition) is 2. The van der Waals surface area contributed by atoms with E-state index in [2.05, 4.69) is 6.58 Å². The monoisotopic (exact) mass is 189 g/mol. The largest absolute Gasteiger partial charge is 0.378 e. The lowest BCUT2D eigenvalue weighted by Crippen LogP contribution is -2.08. The minimum Gasteiger partial charge on any atom is -0.378 e. The van der Waals surface area contributed by atoms with E-state index in [0.29, 0.717) is 6.42 Å². The van der Waals surface area contributed by atoms with Crippen molar-refractivity contribution >= 4 is 11.5 Å². The number of anilines is 1. The Bertz CT molecular complexity index is 325. The molecule has 0 saturated heterocycles. The van der Waals surface area contributed by atoms with Crippen molar-refractivity contribution in [2.75, 3.05) is 19.0 Å². The molecule has 0 heterocycles. The topological polar surface area (TPSA) is 20.3 Å². The van der Waals surface area contributed by atoms with Gasteiger partial charge in [0.1, 0.15) is 0 Å². The van der Waals surface area contributed by atoms with Gasteiger partial charge in [-0.1, -0.05) is 6.08 Å². The van der Waals surface area contributed by atoms with E-state index in [0.717, 1.165) is 11.3 Å². The van der Waals surface area contributed by atoms with Crippen molar-refractivity contribution in [1.29, 1.82) is 0 Å². The van der Waals surface area contributed by atoms with Gasteiger partial charge in [0.25, 0.3) is 0 Å². The average molecular weight is 189 g/mol. The van der Waals surface area contributed by atoms with Crippen LogP contribution in [-0.4, -0.2) is 19.9 Å². The lowest BCUT2D eigenvalue weighted by Gasteiger charge is -2.12. The molecule has 0 atom stereocenters. The summed E-state index contributed by atoms with van der Waals surface area (Å²) in [5.74, 6) is 0.116. The summed E-state index contributed by atoms with van der Waals surface area (Å²) in [6, 6.07) is 7.58. The van der Waals surface area contributed by atoms with E-state index in [1.165, 1.54) is 0 Å². The van der Waals surface area contributed by atoms with Gasteiger partial charge in [-0.25, -0.2) is 0 Å². The van der Waals surface area contributed by atoms with Crippen LogP contribution in [-0.2, 0) is 0 Å². The molecule has 0 aliphatic carbocycles. The Kier molecular flexibility index (Phi) is 3.46. The van der Waals surface area contributed by atoms with Gasteiger partial charge in [-0.05, 0) is 24.3 Å². The Morgan fingerprint density at radius 1 is 1.36 bits per heavy atom. The summed E-state index contributed by atoms with van der Waals surface area (Å²) in [7, 11) is 3.95. The summed E-state index contributed by atoms with van der Waals surface area (Å²) in [4.78, 5) is 13.4. The first-order valence-corrected chi connectivity index (χ1v) is 4.56. The zero-order valence-electron chi connectivity index (χ0n) is 8.66. The molecule has 1 aromatic carbocycles. The molecule has 0 unspecified atom stereocenters. The predicted molar refractivity (Wildman–Crippen MR) is 59.9 cm³/mol. The summed E-state index contributed by atoms with van der Waals surface area (Å²) in [5.41, 5.74) is 1.84. The number of nitrogens with zero attached hydrogens (tertiary/aromatic N) is 1. The maximum absolute atomic E-state index is 11.4. The number of benzene rings is 1. The first kappa shape index (κ1) is 10.5. The number of ketones is 1. The van der Waals surface area contributed by atoms with Crippen LogP contribution in [0, 0.1) is 0 Å². The minimum absolute atomic E-state index is 0.116. The van der Waals surface area contributed by atoms with Crippen LogP contribution in [0.4, 0.5) is 5.69 Å². The number of carbonyl (C=O) groups excluding carboxylic acids is 1. The van der Waals surface area contributed by atoms with E-state index in [1.54, 1.807) is 6.08 Å². The minimum atomic E-state index is 0.116. The van der Waals surface area contributed by atoms with Crippen molar-refractivity contribution < 1.29 is 4.79 Å². The van der Waals surface area contributed by atoms with E-state index in [-0.39, 0.29) is 5.78 Å².